The van der Waals surface area contributed by atoms with E-state index in [4.69, 9.17) is 11.1 Å². The van der Waals surface area contributed by atoms with Crippen LogP contribution >= 0.6 is 0 Å². The molecule has 0 atom stereocenters. The van der Waals surface area contributed by atoms with Crippen LogP contribution < -0.4 is 16.6 Å². The molecule has 1 fully saturated rings. The summed E-state index contributed by atoms with van der Waals surface area (Å²) in [4.78, 5) is 30.3. The van der Waals surface area contributed by atoms with Gasteiger partial charge in [0.25, 0.3) is 11.5 Å². The number of nitrogens with two attached hydrogens (primary N) is 1. The van der Waals surface area contributed by atoms with Gasteiger partial charge in [-0.3, -0.25) is 14.2 Å². The van der Waals surface area contributed by atoms with E-state index in [0.29, 0.717) is 29.0 Å². The van der Waals surface area contributed by atoms with Crippen molar-refractivity contribution in [2.75, 3.05) is 11.1 Å². The average molecular weight is 532 g/mol. The largest absolute Gasteiger partial charge is 0.382 e. The number of carbonyl (C=O) groups is 1. The first-order valence-electron chi connectivity index (χ1n) is 13.3. The molecule has 5 aromatic rings. The minimum atomic E-state index is -0.474. The van der Waals surface area contributed by atoms with Crippen LogP contribution in [0.15, 0.2) is 90.1 Å². The number of benzene rings is 2. The van der Waals surface area contributed by atoms with Crippen LogP contribution in [-0.2, 0) is 0 Å². The first-order chi connectivity index (χ1) is 19.5. The Balaban J connectivity index is 1.27. The van der Waals surface area contributed by atoms with E-state index in [2.05, 4.69) is 21.5 Å². The highest BCUT2D eigenvalue weighted by atomic mass is 16.2. The Morgan fingerprint density at radius 2 is 1.75 bits per heavy atom. The second-order valence-corrected chi connectivity index (χ2v) is 10.1. The number of nitrogen functional groups attached to an aromatic ring is 1. The van der Waals surface area contributed by atoms with Crippen molar-refractivity contribution < 1.29 is 4.79 Å². The number of pyridine rings is 1. The number of anilines is 2. The molecule has 2 aromatic carbocycles. The maximum absolute atomic E-state index is 13.0. The van der Waals surface area contributed by atoms with Gasteiger partial charge in [-0.25, -0.2) is 9.50 Å². The van der Waals surface area contributed by atoms with E-state index in [1.807, 2.05) is 59.1 Å². The summed E-state index contributed by atoms with van der Waals surface area (Å²) in [6, 6.07) is 22.0. The second-order valence-electron chi connectivity index (χ2n) is 10.1. The Kier molecular flexibility index (Phi) is 6.69. The smallest absolute Gasteiger partial charge is 0.267 e. The van der Waals surface area contributed by atoms with Gasteiger partial charge in [0.1, 0.15) is 17.4 Å². The summed E-state index contributed by atoms with van der Waals surface area (Å²) in [6.07, 6.45) is 8.65. The molecule has 40 heavy (non-hydrogen) atoms. The summed E-state index contributed by atoms with van der Waals surface area (Å²) in [7, 11) is 0. The Hall–Kier alpha value is -5.05. The number of para-hydroxylation sites is 1. The summed E-state index contributed by atoms with van der Waals surface area (Å²) in [5.41, 5.74) is 10.9. The highest BCUT2D eigenvalue weighted by Gasteiger charge is 2.26. The van der Waals surface area contributed by atoms with E-state index in [0.717, 1.165) is 48.0 Å². The number of rotatable bonds is 6. The summed E-state index contributed by atoms with van der Waals surface area (Å²) in [5.74, 6) is 0.607. The number of carbonyl (C=O) groups excluding carboxylic acids is 1. The Labute approximate surface area is 230 Å². The Morgan fingerprint density at radius 1 is 1.00 bits per heavy atom. The average Bonchev–Trinajstić information content (AvgIpc) is 3.39. The number of amides is 1. The fourth-order valence-electron chi connectivity index (χ4n) is 5.58. The van der Waals surface area contributed by atoms with Gasteiger partial charge in [0, 0.05) is 34.7 Å². The molecule has 1 saturated carbocycles. The van der Waals surface area contributed by atoms with E-state index in [1.165, 1.54) is 17.0 Å². The van der Waals surface area contributed by atoms with Crippen LogP contribution in [0.5, 0.6) is 0 Å². The molecule has 0 saturated heterocycles. The normalized spacial score (nSPS) is 17.0. The van der Waals surface area contributed by atoms with Crippen LogP contribution in [0.4, 0.5) is 11.5 Å². The molecule has 200 valence electrons. The molecule has 0 unspecified atom stereocenters. The number of hydrogen-bond donors (Lipinski definition) is 3. The summed E-state index contributed by atoms with van der Waals surface area (Å²) in [5, 5.41) is 15.0. The molecule has 4 N–H and O–H groups in total. The van der Waals surface area contributed by atoms with Crippen molar-refractivity contribution in [3.8, 4) is 16.8 Å². The molecule has 1 amide bonds. The highest BCUT2D eigenvalue weighted by Crippen LogP contribution is 2.39. The second kappa shape index (κ2) is 10.6. The zero-order chi connectivity index (χ0) is 27.6. The Bertz CT molecular complexity index is 1750. The third-order valence-corrected chi connectivity index (χ3v) is 7.72. The van der Waals surface area contributed by atoms with Crippen LogP contribution in [0.2, 0.25) is 0 Å². The lowest BCUT2D eigenvalue weighted by Gasteiger charge is -2.25. The van der Waals surface area contributed by atoms with Gasteiger partial charge in [-0.2, -0.15) is 5.10 Å². The van der Waals surface area contributed by atoms with Crippen LogP contribution in [0, 0.1) is 11.3 Å². The summed E-state index contributed by atoms with van der Waals surface area (Å²) >= 11 is 0. The lowest BCUT2D eigenvalue weighted by atomic mass is 9.81. The zero-order valence-electron chi connectivity index (χ0n) is 21.8. The maximum Gasteiger partial charge on any atom is 0.267 e. The van der Waals surface area contributed by atoms with Gasteiger partial charge in [0.2, 0.25) is 0 Å². The van der Waals surface area contributed by atoms with Crippen molar-refractivity contribution in [2.24, 2.45) is 5.92 Å². The standard InChI is InChI=1S/C31H29N7O2/c32-18-20-8-10-22(11-9-20)27-17-26(28-29(33)34-19-35-38(27)28)21-12-14-23(15-13-21)36-30(39)25-7-4-16-37(31(25)40)24-5-2-1-3-6-24/h1-7,12-20,22,32H,8-11H2,(H,36,39)(H2,33,34,35)/t20-,22-. The molecule has 3 aromatic heterocycles. The van der Waals surface area contributed by atoms with Gasteiger partial charge in [-0.05, 0) is 85.8 Å². The van der Waals surface area contributed by atoms with Crippen molar-refractivity contribution in [3.05, 3.63) is 107 Å². The number of aromatic nitrogens is 4. The minimum Gasteiger partial charge on any atom is -0.382 e. The molecule has 1 aliphatic carbocycles. The molecule has 0 spiro atoms. The van der Waals surface area contributed by atoms with Crippen LogP contribution in [0.25, 0.3) is 22.3 Å². The van der Waals surface area contributed by atoms with Crippen molar-refractivity contribution in [2.45, 2.75) is 31.6 Å². The summed E-state index contributed by atoms with van der Waals surface area (Å²) < 4.78 is 3.35. The predicted octanol–water partition coefficient (Wildman–Crippen LogP) is 5.31. The molecule has 3 heterocycles. The minimum absolute atomic E-state index is 0.0566. The molecular weight excluding hydrogens is 502 g/mol. The van der Waals surface area contributed by atoms with E-state index in [-0.39, 0.29) is 11.1 Å². The molecule has 1 aliphatic rings. The fraction of sp³-hybridized carbons (Fsp3) is 0.194. The maximum atomic E-state index is 13.0. The fourth-order valence-corrected chi connectivity index (χ4v) is 5.58. The molecule has 9 nitrogen and oxygen atoms in total. The quantitative estimate of drug-likeness (QED) is 0.256. The molecule has 9 heteroatoms. The molecule has 6 rings (SSSR count). The lowest BCUT2D eigenvalue weighted by molar-refractivity contribution is 0.102. The topological polar surface area (TPSA) is 131 Å². The van der Waals surface area contributed by atoms with Crippen molar-refractivity contribution in [1.82, 2.24) is 19.2 Å². The molecule has 0 radical (unpaired) electrons. The molecular formula is C31H29N7O2. The van der Waals surface area contributed by atoms with Crippen molar-refractivity contribution >= 4 is 29.1 Å². The monoisotopic (exact) mass is 531 g/mol. The van der Waals surface area contributed by atoms with E-state index in [9.17, 15) is 9.59 Å². The van der Waals surface area contributed by atoms with Crippen molar-refractivity contribution in [1.29, 1.82) is 5.41 Å². The Morgan fingerprint density at radius 3 is 2.48 bits per heavy atom. The van der Waals surface area contributed by atoms with Gasteiger partial charge in [-0.1, -0.05) is 30.3 Å². The number of fused-ring (bicyclic) bond motifs is 1. The number of hydrogen-bond acceptors (Lipinski definition) is 6. The molecule has 0 bridgehead atoms. The van der Waals surface area contributed by atoms with Gasteiger partial charge in [0.05, 0.1) is 0 Å². The van der Waals surface area contributed by atoms with Gasteiger partial charge < -0.3 is 16.5 Å². The first kappa shape index (κ1) is 25.2. The van der Waals surface area contributed by atoms with Crippen LogP contribution in [0.3, 0.4) is 0 Å². The SMILES string of the molecule is N=C[C@H]1CC[C@H](c2cc(-c3ccc(NC(=O)c4cccn(-c5ccccc5)c4=O)cc3)c3c(N)ncnn32)CC1. The lowest BCUT2D eigenvalue weighted by Crippen LogP contribution is -2.27. The van der Waals surface area contributed by atoms with Crippen LogP contribution in [-0.4, -0.2) is 31.3 Å². The van der Waals surface area contributed by atoms with Gasteiger partial charge in [-0.15, -0.1) is 0 Å². The van der Waals surface area contributed by atoms with E-state index in [1.54, 1.807) is 18.5 Å². The highest BCUT2D eigenvalue weighted by molar-refractivity contribution is 6.04. The van der Waals surface area contributed by atoms with E-state index < -0.39 is 5.91 Å². The van der Waals surface area contributed by atoms with E-state index >= 15 is 0 Å². The predicted molar refractivity (Wildman–Crippen MR) is 156 cm³/mol. The van der Waals surface area contributed by atoms with Gasteiger partial charge >= 0.3 is 0 Å². The van der Waals surface area contributed by atoms with Crippen LogP contribution in [0.1, 0.15) is 47.7 Å². The zero-order valence-corrected chi connectivity index (χ0v) is 21.8. The number of nitrogens with one attached hydrogen (secondary N) is 2. The van der Waals surface area contributed by atoms with Gasteiger partial charge in [0.15, 0.2) is 5.82 Å². The first-order valence-corrected chi connectivity index (χ1v) is 13.3. The third-order valence-electron chi connectivity index (χ3n) is 7.72. The third kappa shape index (κ3) is 4.66. The summed E-state index contributed by atoms with van der Waals surface area (Å²) in [6.45, 7) is 0. The molecule has 0 aliphatic heterocycles. The van der Waals surface area contributed by atoms with Crippen molar-refractivity contribution in [3.63, 3.8) is 0 Å². The number of nitrogens with zero attached hydrogens (tertiary/aromatic N) is 4.